The number of halogens is 3. The van der Waals surface area contributed by atoms with Gasteiger partial charge in [-0.3, -0.25) is 14.9 Å². The van der Waals surface area contributed by atoms with Gasteiger partial charge in [0, 0.05) is 19.5 Å². The maximum absolute atomic E-state index is 10.7. The van der Waals surface area contributed by atoms with E-state index in [0.29, 0.717) is 13.0 Å². The molecule has 0 aromatic rings. The number of alkyl halides is 3. The lowest BCUT2D eigenvalue weighted by Gasteiger charge is -2.15. The van der Waals surface area contributed by atoms with E-state index >= 15 is 0 Å². The molecule has 1 fully saturated rings. The van der Waals surface area contributed by atoms with Crippen molar-refractivity contribution in [3.8, 4) is 0 Å². The van der Waals surface area contributed by atoms with Crippen LogP contribution in [0.15, 0.2) is 0 Å². The summed E-state index contributed by atoms with van der Waals surface area (Å²) < 4.78 is 31.7. The second-order valence-electron chi connectivity index (χ2n) is 4.62. The van der Waals surface area contributed by atoms with E-state index in [-0.39, 0.29) is 17.9 Å². The number of hydrogen-bond donors (Lipinski definition) is 4. The predicted octanol–water partition coefficient (Wildman–Crippen LogP) is 0.207. The second kappa shape index (κ2) is 7.81. The molecule has 1 saturated heterocycles. The molecule has 21 heavy (non-hydrogen) atoms. The fraction of sp³-hybridized carbons (Fsp3) is 0.727. The minimum atomic E-state index is -5.08. The van der Waals surface area contributed by atoms with Crippen molar-refractivity contribution < 1.29 is 37.8 Å². The van der Waals surface area contributed by atoms with Crippen LogP contribution in [-0.2, 0) is 14.4 Å². The van der Waals surface area contributed by atoms with Gasteiger partial charge in [-0.1, -0.05) is 6.92 Å². The summed E-state index contributed by atoms with van der Waals surface area (Å²) in [6, 6.07) is -0.399. The number of carboxylic acids is 2. The smallest absolute Gasteiger partial charge is 0.480 e. The van der Waals surface area contributed by atoms with Gasteiger partial charge in [0.1, 0.15) is 6.04 Å². The molecular formula is C11H17F3N2O5. The van der Waals surface area contributed by atoms with Gasteiger partial charge >= 0.3 is 18.1 Å². The molecule has 1 rings (SSSR count). The molecule has 0 unspecified atom stereocenters. The van der Waals surface area contributed by atoms with Crippen molar-refractivity contribution in [3.63, 3.8) is 0 Å². The van der Waals surface area contributed by atoms with Crippen LogP contribution in [0, 0.1) is 5.92 Å². The third-order valence-electron chi connectivity index (χ3n) is 2.82. The highest BCUT2D eigenvalue weighted by atomic mass is 19.4. The molecule has 0 aliphatic carbocycles. The maximum Gasteiger partial charge on any atom is 0.490 e. The van der Waals surface area contributed by atoms with Crippen LogP contribution in [0.1, 0.15) is 20.3 Å². The Kier molecular flexibility index (Phi) is 7.13. The van der Waals surface area contributed by atoms with Crippen molar-refractivity contribution in [2.45, 2.75) is 38.5 Å². The summed E-state index contributed by atoms with van der Waals surface area (Å²) in [7, 11) is 0. The Bertz CT molecular complexity index is 400. The fourth-order valence-corrected chi connectivity index (χ4v) is 1.71. The largest absolute Gasteiger partial charge is 0.490 e. The Morgan fingerprint density at radius 1 is 1.29 bits per heavy atom. The van der Waals surface area contributed by atoms with E-state index in [2.05, 4.69) is 10.6 Å². The van der Waals surface area contributed by atoms with Crippen LogP contribution < -0.4 is 10.6 Å². The van der Waals surface area contributed by atoms with Gasteiger partial charge in [-0.25, -0.2) is 4.79 Å². The zero-order valence-electron chi connectivity index (χ0n) is 11.4. The molecule has 0 radical (unpaired) electrons. The van der Waals surface area contributed by atoms with E-state index in [9.17, 15) is 22.8 Å². The highest BCUT2D eigenvalue weighted by Crippen LogP contribution is 2.19. The van der Waals surface area contributed by atoms with E-state index in [1.54, 1.807) is 0 Å². The molecule has 0 saturated carbocycles. The Morgan fingerprint density at radius 2 is 1.76 bits per heavy atom. The Hall–Kier alpha value is -1.84. The highest BCUT2D eigenvalue weighted by Gasteiger charge is 2.38. The first-order chi connectivity index (χ1) is 9.45. The van der Waals surface area contributed by atoms with Crippen LogP contribution in [0.2, 0.25) is 0 Å². The summed E-state index contributed by atoms with van der Waals surface area (Å²) in [5.41, 5.74) is 0. The molecule has 122 valence electrons. The summed E-state index contributed by atoms with van der Waals surface area (Å²) in [5, 5.41) is 21.6. The molecule has 0 spiro atoms. The van der Waals surface area contributed by atoms with Crippen LogP contribution >= 0.6 is 0 Å². The first kappa shape index (κ1) is 19.2. The molecule has 4 N–H and O–H groups in total. The van der Waals surface area contributed by atoms with Crippen LogP contribution in [0.3, 0.4) is 0 Å². The van der Waals surface area contributed by atoms with Gasteiger partial charge in [-0.2, -0.15) is 13.2 Å². The molecule has 1 aliphatic rings. The van der Waals surface area contributed by atoms with Crippen molar-refractivity contribution in [2.75, 3.05) is 6.54 Å². The molecule has 7 nitrogen and oxygen atoms in total. The highest BCUT2D eigenvalue weighted by molar-refractivity contribution is 5.74. The van der Waals surface area contributed by atoms with Crippen molar-refractivity contribution in [3.05, 3.63) is 0 Å². The Labute approximate surface area is 118 Å². The standard InChI is InChI=1S/C9H16N2O3.C2HF3O2/c1-5-3-7(9(13)14)11-8(5)4-10-6(2)12;3-2(4,5)1(6)7/h5,7-8,11H,3-4H2,1-2H3,(H,10,12)(H,13,14);(H,6,7)/t5-,7+,8-;/m0./s1. The Morgan fingerprint density at radius 3 is 2.05 bits per heavy atom. The van der Waals surface area contributed by atoms with Crippen LogP contribution in [0.25, 0.3) is 0 Å². The topological polar surface area (TPSA) is 116 Å². The first-order valence-electron chi connectivity index (χ1n) is 5.98. The predicted molar refractivity (Wildman–Crippen MR) is 64.5 cm³/mol. The minimum Gasteiger partial charge on any atom is -0.480 e. The quantitative estimate of drug-likeness (QED) is 0.592. The van der Waals surface area contributed by atoms with Gasteiger partial charge in [0.05, 0.1) is 0 Å². The average molecular weight is 314 g/mol. The van der Waals surface area contributed by atoms with E-state index in [1.807, 2.05) is 6.92 Å². The summed E-state index contributed by atoms with van der Waals surface area (Å²) in [4.78, 5) is 30.2. The van der Waals surface area contributed by atoms with E-state index < -0.39 is 24.2 Å². The lowest BCUT2D eigenvalue weighted by atomic mass is 10.0. The van der Waals surface area contributed by atoms with Crippen LogP contribution in [-0.4, -0.2) is 52.9 Å². The normalized spacial score (nSPS) is 24.7. The van der Waals surface area contributed by atoms with E-state index in [0.717, 1.165) is 0 Å². The van der Waals surface area contributed by atoms with Gasteiger partial charge in [-0.05, 0) is 12.3 Å². The van der Waals surface area contributed by atoms with Gasteiger partial charge in [0.25, 0.3) is 0 Å². The van der Waals surface area contributed by atoms with Gasteiger partial charge in [0.15, 0.2) is 0 Å². The van der Waals surface area contributed by atoms with E-state index in [1.165, 1.54) is 6.92 Å². The molecule has 1 heterocycles. The molecule has 0 aromatic heterocycles. The number of rotatable bonds is 3. The second-order valence-corrected chi connectivity index (χ2v) is 4.62. The lowest BCUT2D eigenvalue weighted by Crippen LogP contribution is -2.43. The van der Waals surface area contributed by atoms with Crippen molar-refractivity contribution in [1.29, 1.82) is 0 Å². The Balaban J connectivity index is 0.000000486. The SMILES string of the molecule is CC(=O)NC[C@@H]1N[C@@H](C(=O)O)C[C@@H]1C.O=C(O)C(F)(F)F. The van der Waals surface area contributed by atoms with Crippen molar-refractivity contribution in [1.82, 2.24) is 10.6 Å². The first-order valence-corrected chi connectivity index (χ1v) is 5.98. The molecule has 1 aliphatic heterocycles. The zero-order chi connectivity index (χ0) is 16.8. The van der Waals surface area contributed by atoms with Crippen LogP contribution in [0.5, 0.6) is 0 Å². The van der Waals surface area contributed by atoms with Gasteiger partial charge in [-0.15, -0.1) is 0 Å². The fourth-order valence-electron chi connectivity index (χ4n) is 1.71. The van der Waals surface area contributed by atoms with Gasteiger partial charge in [0.2, 0.25) is 5.91 Å². The third kappa shape index (κ3) is 7.49. The molecule has 1 amide bonds. The number of carboxylic acid groups (broad SMARTS) is 2. The van der Waals surface area contributed by atoms with Crippen LogP contribution in [0.4, 0.5) is 13.2 Å². The molecule has 0 aromatic carbocycles. The zero-order valence-corrected chi connectivity index (χ0v) is 11.4. The molecule has 3 atom stereocenters. The van der Waals surface area contributed by atoms with E-state index in [4.69, 9.17) is 15.0 Å². The number of aliphatic carboxylic acids is 2. The molecule has 0 bridgehead atoms. The molecule has 10 heteroatoms. The number of hydrogen-bond acceptors (Lipinski definition) is 4. The number of amides is 1. The number of nitrogens with one attached hydrogen (secondary N) is 2. The maximum atomic E-state index is 10.7. The van der Waals surface area contributed by atoms with Crippen molar-refractivity contribution >= 4 is 17.8 Å². The monoisotopic (exact) mass is 314 g/mol. The number of carbonyl (C=O) groups excluding carboxylic acids is 1. The number of carbonyl (C=O) groups is 3. The lowest BCUT2D eigenvalue weighted by molar-refractivity contribution is -0.192. The molecular weight excluding hydrogens is 297 g/mol. The average Bonchev–Trinajstić information content (AvgIpc) is 2.68. The third-order valence-corrected chi connectivity index (χ3v) is 2.82. The van der Waals surface area contributed by atoms with Gasteiger partial charge < -0.3 is 15.5 Å². The van der Waals surface area contributed by atoms with Crippen molar-refractivity contribution in [2.24, 2.45) is 5.92 Å². The minimum absolute atomic E-state index is 0.0694. The summed E-state index contributed by atoms with van der Waals surface area (Å²) >= 11 is 0. The summed E-state index contributed by atoms with van der Waals surface area (Å²) in [6.07, 6.45) is -4.46. The summed E-state index contributed by atoms with van der Waals surface area (Å²) in [5.74, 6) is -3.38. The summed E-state index contributed by atoms with van der Waals surface area (Å²) in [6.45, 7) is 3.94.